The second kappa shape index (κ2) is 5.69. The minimum atomic E-state index is -3.51. The summed E-state index contributed by atoms with van der Waals surface area (Å²) in [6.07, 6.45) is 0.363. The molecule has 0 bridgehead atoms. The van der Waals surface area contributed by atoms with E-state index in [1.807, 2.05) is 0 Å². The maximum Gasteiger partial charge on any atom is 0.240 e. The zero-order valence-electron chi connectivity index (χ0n) is 11.1. The van der Waals surface area contributed by atoms with Gasteiger partial charge in [-0.05, 0) is 44.5 Å². The molecule has 6 heteroatoms. The van der Waals surface area contributed by atoms with E-state index in [0.717, 1.165) is 5.56 Å². The van der Waals surface area contributed by atoms with Gasteiger partial charge in [-0.3, -0.25) is 0 Å². The van der Waals surface area contributed by atoms with Gasteiger partial charge < -0.3 is 9.84 Å². The number of sulfonamides is 1. The van der Waals surface area contributed by atoms with Crippen molar-refractivity contribution in [3.8, 4) is 5.75 Å². The number of aliphatic hydroxyl groups excluding tert-OH is 1. The van der Waals surface area contributed by atoms with Gasteiger partial charge in [0.2, 0.25) is 10.0 Å². The zero-order chi connectivity index (χ0) is 13.9. The van der Waals surface area contributed by atoms with E-state index in [2.05, 4.69) is 4.72 Å². The topological polar surface area (TPSA) is 75.6 Å². The number of aryl methyl sites for hydroxylation is 1. The molecular formula is C12H19NO4S. The van der Waals surface area contributed by atoms with Gasteiger partial charge in [0.25, 0.3) is 0 Å². The minimum absolute atomic E-state index is 0.0562. The molecule has 0 spiro atoms. The lowest BCUT2D eigenvalue weighted by molar-refractivity contribution is 0.296. The maximum absolute atomic E-state index is 12.0. The molecular weight excluding hydrogens is 254 g/mol. The number of hydrogen-bond donors (Lipinski definition) is 2. The summed E-state index contributed by atoms with van der Waals surface area (Å²) in [6, 6.07) is 1.68. The standard InChI is InChI=1S/C12H19NO4S/c1-8-7-11(17-4)10(5-6-14)9(2)12(8)18(15,16)13-3/h7,13-14H,5-6H2,1-4H3. The zero-order valence-corrected chi connectivity index (χ0v) is 11.9. The fourth-order valence-corrected chi connectivity index (χ4v) is 3.30. The van der Waals surface area contributed by atoms with Crippen LogP contribution in [0.2, 0.25) is 0 Å². The molecule has 1 rings (SSSR count). The first-order chi connectivity index (χ1) is 8.38. The van der Waals surface area contributed by atoms with Crippen molar-refractivity contribution < 1.29 is 18.3 Å². The van der Waals surface area contributed by atoms with Gasteiger partial charge in [-0.1, -0.05) is 0 Å². The van der Waals surface area contributed by atoms with E-state index in [1.165, 1.54) is 14.2 Å². The van der Waals surface area contributed by atoms with Gasteiger partial charge >= 0.3 is 0 Å². The predicted molar refractivity (Wildman–Crippen MR) is 69.5 cm³/mol. The molecule has 2 N–H and O–H groups in total. The van der Waals surface area contributed by atoms with Crippen LogP contribution in [-0.4, -0.2) is 34.3 Å². The Balaban J connectivity index is 3.60. The van der Waals surface area contributed by atoms with Gasteiger partial charge in [-0.25, -0.2) is 13.1 Å². The summed E-state index contributed by atoms with van der Waals surface area (Å²) in [4.78, 5) is 0.259. The largest absolute Gasteiger partial charge is 0.496 e. The third kappa shape index (κ3) is 2.66. The Morgan fingerprint density at radius 1 is 1.39 bits per heavy atom. The number of hydrogen-bond acceptors (Lipinski definition) is 4. The highest BCUT2D eigenvalue weighted by Crippen LogP contribution is 2.31. The molecule has 0 saturated carbocycles. The SMILES string of the molecule is CNS(=O)(=O)c1c(C)cc(OC)c(CCO)c1C. The summed E-state index contributed by atoms with van der Waals surface area (Å²) in [5.74, 6) is 0.606. The first kappa shape index (κ1) is 14.9. The van der Waals surface area contributed by atoms with Crippen molar-refractivity contribution in [2.45, 2.75) is 25.2 Å². The van der Waals surface area contributed by atoms with E-state index in [0.29, 0.717) is 23.3 Å². The van der Waals surface area contributed by atoms with Crippen LogP contribution >= 0.6 is 0 Å². The normalized spacial score (nSPS) is 11.6. The quantitative estimate of drug-likeness (QED) is 0.830. The number of rotatable bonds is 5. The maximum atomic E-state index is 12.0. The third-order valence-electron chi connectivity index (χ3n) is 2.92. The van der Waals surface area contributed by atoms with E-state index >= 15 is 0 Å². The van der Waals surface area contributed by atoms with Crippen LogP contribution in [0.15, 0.2) is 11.0 Å². The molecule has 102 valence electrons. The Hall–Kier alpha value is -1.11. The monoisotopic (exact) mass is 273 g/mol. The molecule has 0 unspecified atom stereocenters. The second-order valence-corrected chi connectivity index (χ2v) is 5.83. The number of benzene rings is 1. The molecule has 1 aromatic carbocycles. The first-order valence-electron chi connectivity index (χ1n) is 5.60. The van der Waals surface area contributed by atoms with Crippen LogP contribution in [0.5, 0.6) is 5.75 Å². The molecule has 0 saturated heterocycles. The molecule has 0 atom stereocenters. The summed E-state index contributed by atoms with van der Waals surface area (Å²) < 4.78 is 31.5. The van der Waals surface area contributed by atoms with E-state index < -0.39 is 10.0 Å². The highest BCUT2D eigenvalue weighted by atomic mass is 32.2. The number of ether oxygens (including phenoxy) is 1. The number of nitrogens with one attached hydrogen (secondary N) is 1. The first-order valence-corrected chi connectivity index (χ1v) is 7.08. The van der Waals surface area contributed by atoms with Gasteiger partial charge in [0, 0.05) is 12.2 Å². The molecule has 18 heavy (non-hydrogen) atoms. The van der Waals surface area contributed by atoms with Crippen LogP contribution in [-0.2, 0) is 16.4 Å². The van der Waals surface area contributed by atoms with Gasteiger partial charge in [0.05, 0.1) is 12.0 Å². The van der Waals surface area contributed by atoms with E-state index in [1.54, 1.807) is 19.9 Å². The van der Waals surface area contributed by atoms with Crippen molar-refractivity contribution in [2.75, 3.05) is 20.8 Å². The summed E-state index contributed by atoms with van der Waals surface area (Å²) in [5, 5.41) is 9.06. The summed E-state index contributed by atoms with van der Waals surface area (Å²) in [6.45, 7) is 3.40. The lowest BCUT2D eigenvalue weighted by atomic mass is 10.0. The van der Waals surface area contributed by atoms with Crippen molar-refractivity contribution in [3.63, 3.8) is 0 Å². The molecule has 0 heterocycles. The van der Waals surface area contributed by atoms with Crippen molar-refractivity contribution in [1.82, 2.24) is 4.72 Å². The summed E-state index contributed by atoms with van der Waals surface area (Å²) in [7, 11) is -0.604. The lowest BCUT2D eigenvalue weighted by Crippen LogP contribution is -2.21. The van der Waals surface area contributed by atoms with Crippen molar-refractivity contribution in [1.29, 1.82) is 0 Å². The number of methoxy groups -OCH3 is 1. The number of aliphatic hydroxyl groups is 1. The van der Waals surface area contributed by atoms with Crippen molar-refractivity contribution in [2.24, 2.45) is 0 Å². The molecule has 0 radical (unpaired) electrons. The van der Waals surface area contributed by atoms with Crippen molar-refractivity contribution in [3.05, 3.63) is 22.8 Å². The molecule has 0 aliphatic rings. The second-order valence-electron chi connectivity index (χ2n) is 4.01. The third-order valence-corrected chi connectivity index (χ3v) is 4.62. The van der Waals surface area contributed by atoms with Gasteiger partial charge in [0.15, 0.2) is 0 Å². The Kier molecular flexibility index (Phi) is 4.72. The fourth-order valence-electron chi connectivity index (χ4n) is 2.09. The Morgan fingerprint density at radius 3 is 2.44 bits per heavy atom. The average molecular weight is 273 g/mol. The lowest BCUT2D eigenvalue weighted by Gasteiger charge is -2.17. The summed E-state index contributed by atoms with van der Waals surface area (Å²) >= 11 is 0. The molecule has 0 aromatic heterocycles. The summed E-state index contributed by atoms with van der Waals surface area (Å²) in [5.41, 5.74) is 1.97. The van der Waals surface area contributed by atoms with Gasteiger partial charge in [-0.15, -0.1) is 0 Å². The Morgan fingerprint density at radius 2 is 2.00 bits per heavy atom. The fraction of sp³-hybridized carbons (Fsp3) is 0.500. The predicted octanol–water partition coefficient (Wildman–Crippen LogP) is 0.755. The molecule has 0 amide bonds. The van der Waals surface area contributed by atoms with E-state index in [4.69, 9.17) is 9.84 Å². The van der Waals surface area contributed by atoms with Gasteiger partial charge in [0.1, 0.15) is 5.75 Å². The van der Waals surface area contributed by atoms with Crippen LogP contribution in [0.4, 0.5) is 0 Å². The molecule has 0 aliphatic carbocycles. The minimum Gasteiger partial charge on any atom is -0.496 e. The molecule has 0 aliphatic heterocycles. The molecule has 5 nitrogen and oxygen atoms in total. The van der Waals surface area contributed by atoms with Crippen LogP contribution in [0.25, 0.3) is 0 Å². The van der Waals surface area contributed by atoms with Crippen LogP contribution in [0.3, 0.4) is 0 Å². The molecule has 0 fully saturated rings. The Bertz CT molecular complexity index is 537. The van der Waals surface area contributed by atoms with Crippen LogP contribution < -0.4 is 9.46 Å². The van der Waals surface area contributed by atoms with E-state index in [-0.39, 0.29) is 11.5 Å². The average Bonchev–Trinajstić information content (AvgIpc) is 2.32. The van der Waals surface area contributed by atoms with Gasteiger partial charge in [-0.2, -0.15) is 0 Å². The molecule has 1 aromatic rings. The van der Waals surface area contributed by atoms with Crippen molar-refractivity contribution >= 4 is 10.0 Å². The highest BCUT2D eigenvalue weighted by Gasteiger charge is 2.22. The van der Waals surface area contributed by atoms with Crippen LogP contribution in [0, 0.1) is 13.8 Å². The van der Waals surface area contributed by atoms with E-state index in [9.17, 15) is 8.42 Å². The smallest absolute Gasteiger partial charge is 0.240 e. The Labute approximate surface area is 108 Å². The highest BCUT2D eigenvalue weighted by molar-refractivity contribution is 7.89. The van der Waals surface area contributed by atoms with Crippen LogP contribution in [0.1, 0.15) is 16.7 Å².